The summed E-state index contributed by atoms with van der Waals surface area (Å²) in [5.74, 6) is -3.16. The van der Waals surface area contributed by atoms with E-state index in [4.69, 9.17) is 14.2 Å². The summed E-state index contributed by atoms with van der Waals surface area (Å²) in [4.78, 5) is 39.6. The lowest BCUT2D eigenvalue weighted by molar-refractivity contribution is -0.304. The summed E-state index contributed by atoms with van der Waals surface area (Å²) in [6.45, 7) is 8.42. The molecule has 1 saturated heterocycles. The standard InChI is InChI=1S/C31H51NO10/c1-8-25-22(16-34)13-17(2)9-10-23(35)18(3)14-21(11-12-33)30(19(4)24(36)15-26(37)41-25)42-31-29(39)27(32(6)7)28(38)20(5)40-31/h9-10,12-13,18-22,24-25,27-31,34,36,38-39H,8,11,14-16H2,1-7H3/b10-9+,17-13+/t18?,19-,20-,21-,22?,24+,25?,27?,28+,29?,30+,31-/m0/s1. The second-order valence-corrected chi connectivity index (χ2v) is 12.1. The van der Waals surface area contributed by atoms with Gasteiger partial charge in [-0.2, -0.15) is 0 Å². The average Bonchev–Trinajstić information content (AvgIpc) is 2.93. The molecule has 0 amide bonds. The van der Waals surface area contributed by atoms with Gasteiger partial charge in [0.1, 0.15) is 18.5 Å². The highest BCUT2D eigenvalue weighted by atomic mass is 16.7. The fraction of sp³-hybridized carbons (Fsp3) is 0.774. The molecular weight excluding hydrogens is 546 g/mol. The Kier molecular flexibility index (Phi) is 14.4. The Morgan fingerprint density at radius 2 is 1.76 bits per heavy atom. The first-order chi connectivity index (χ1) is 19.7. The number of aldehydes is 1. The van der Waals surface area contributed by atoms with E-state index in [0.717, 1.165) is 6.29 Å². The van der Waals surface area contributed by atoms with Crippen LogP contribution in [0.2, 0.25) is 0 Å². The first kappa shape index (κ1) is 36.2. The molecule has 0 saturated carbocycles. The minimum absolute atomic E-state index is 0.000625. The molecule has 42 heavy (non-hydrogen) atoms. The van der Waals surface area contributed by atoms with Crippen molar-refractivity contribution in [3.05, 3.63) is 23.8 Å². The largest absolute Gasteiger partial charge is 0.462 e. The number of rotatable bonds is 7. The molecule has 12 atom stereocenters. The molecule has 0 aromatic heterocycles. The smallest absolute Gasteiger partial charge is 0.308 e. The van der Waals surface area contributed by atoms with E-state index in [1.54, 1.807) is 58.8 Å². The van der Waals surface area contributed by atoms with Crippen LogP contribution in [0.15, 0.2) is 23.8 Å². The van der Waals surface area contributed by atoms with Crippen molar-refractivity contribution in [2.24, 2.45) is 23.7 Å². The summed E-state index contributed by atoms with van der Waals surface area (Å²) in [6.07, 6.45) is -1.12. The molecule has 0 spiro atoms. The number of hydrogen-bond donors (Lipinski definition) is 4. The van der Waals surface area contributed by atoms with E-state index in [2.05, 4.69) is 0 Å². The number of ketones is 1. The lowest BCUT2D eigenvalue weighted by Gasteiger charge is -2.46. The number of nitrogens with zero attached hydrogens (tertiary/aromatic N) is 1. The van der Waals surface area contributed by atoms with Crippen LogP contribution in [0.4, 0.5) is 0 Å². The Morgan fingerprint density at radius 1 is 1.10 bits per heavy atom. The predicted molar refractivity (Wildman–Crippen MR) is 155 cm³/mol. The molecule has 2 aliphatic heterocycles. The molecule has 0 bridgehead atoms. The Hall–Kier alpha value is -1.99. The van der Waals surface area contributed by atoms with Gasteiger partial charge in [-0.15, -0.1) is 0 Å². The molecule has 2 rings (SSSR count). The number of hydrogen-bond acceptors (Lipinski definition) is 11. The minimum Gasteiger partial charge on any atom is -0.462 e. The van der Waals surface area contributed by atoms with Crippen LogP contribution in [0.1, 0.15) is 60.3 Å². The molecule has 2 heterocycles. The fourth-order valence-electron chi connectivity index (χ4n) is 5.93. The van der Waals surface area contributed by atoms with Crippen molar-refractivity contribution < 1.29 is 49.0 Å². The van der Waals surface area contributed by atoms with Gasteiger partial charge in [-0.05, 0) is 52.8 Å². The van der Waals surface area contributed by atoms with Crippen LogP contribution in [0.25, 0.3) is 0 Å². The van der Waals surface area contributed by atoms with Gasteiger partial charge in [0.25, 0.3) is 0 Å². The van der Waals surface area contributed by atoms with Gasteiger partial charge in [-0.1, -0.05) is 38.5 Å². The second-order valence-electron chi connectivity index (χ2n) is 12.1. The molecule has 11 heteroatoms. The first-order valence-corrected chi connectivity index (χ1v) is 14.9. The highest BCUT2D eigenvalue weighted by molar-refractivity contribution is 5.91. The summed E-state index contributed by atoms with van der Waals surface area (Å²) in [6, 6.07) is -0.711. The van der Waals surface area contributed by atoms with Gasteiger partial charge in [-0.25, -0.2) is 0 Å². The maximum atomic E-state index is 13.1. The van der Waals surface area contributed by atoms with Gasteiger partial charge in [0, 0.05) is 24.2 Å². The van der Waals surface area contributed by atoms with Crippen molar-refractivity contribution in [3.63, 3.8) is 0 Å². The van der Waals surface area contributed by atoms with Crippen molar-refractivity contribution in [2.75, 3.05) is 20.7 Å². The monoisotopic (exact) mass is 597 g/mol. The number of carbonyl (C=O) groups is 3. The molecule has 240 valence electrons. The first-order valence-electron chi connectivity index (χ1n) is 14.9. The van der Waals surface area contributed by atoms with E-state index in [9.17, 15) is 34.8 Å². The molecular formula is C31H51NO10. The van der Waals surface area contributed by atoms with E-state index in [0.29, 0.717) is 12.0 Å². The zero-order chi connectivity index (χ0) is 31.7. The molecule has 0 aliphatic carbocycles. The second kappa shape index (κ2) is 16.7. The van der Waals surface area contributed by atoms with Gasteiger partial charge < -0.3 is 44.3 Å². The highest BCUT2D eigenvalue weighted by Crippen LogP contribution is 2.34. The van der Waals surface area contributed by atoms with Crippen LogP contribution in [-0.4, -0.2) is 113 Å². The van der Waals surface area contributed by atoms with E-state index in [1.807, 2.05) is 6.92 Å². The third kappa shape index (κ3) is 9.51. The number of carbonyl (C=O) groups excluding carboxylic acids is 3. The van der Waals surface area contributed by atoms with Crippen LogP contribution in [-0.2, 0) is 28.6 Å². The molecule has 0 aromatic rings. The summed E-state index contributed by atoms with van der Waals surface area (Å²) in [7, 11) is 3.43. The zero-order valence-corrected chi connectivity index (χ0v) is 26.0. The SMILES string of the molecule is CCC1OC(=O)C[C@@H](O)[C@H](C)[C@@H](O[C@@H]2O[C@@H](C)[C@@H](O)C(N(C)C)C2O)[C@@H](CC=O)CC(C)C(=O)/C=C/C(C)=C/C1CO. The number of aliphatic hydroxyl groups is 4. The van der Waals surface area contributed by atoms with E-state index < -0.39 is 78.6 Å². The maximum Gasteiger partial charge on any atom is 0.308 e. The molecule has 11 nitrogen and oxygen atoms in total. The topological polar surface area (TPSA) is 163 Å². The van der Waals surface area contributed by atoms with Gasteiger partial charge in [0.05, 0.1) is 43.5 Å². The minimum atomic E-state index is -1.27. The Labute approximate surface area is 249 Å². The van der Waals surface area contributed by atoms with Gasteiger partial charge in [0.15, 0.2) is 12.1 Å². The van der Waals surface area contributed by atoms with Crippen LogP contribution < -0.4 is 0 Å². The van der Waals surface area contributed by atoms with Crippen LogP contribution in [0.3, 0.4) is 0 Å². The summed E-state index contributed by atoms with van der Waals surface area (Å²) in [5, 5.41) is 43.0. The van der Waals surface area contributed by atoms with Crippen molar-refractivity contribution >= 4 is 18.0 Å². The summed E-state index contributed by atoms with van der Waals surface area (Å²) < 4.78 is 17.9. The molecule has 5 unspecified atom stereocenters. The Balaban J connectivity index is 2.52. The van der Waals surface area contributed by atoms with E-state index in [1.165, 1.54) is 6.08 Å². The van der Waals surface area contributed by atoms with Gasteiger partial charge >= 0.3 is 5.97 Å². The molecule has 1 fully saturated rings. The Morgan fingerprint density at radius 3 is 2.33 bits per heavy atom. The predicted octanol–water partition coefficient (Wildman–Crippen LogP) is 1.40. The van der Waals surface area contributed by atoms with E-state index in [-0.39, 0.29) is 31.7 Å². The fourth-order valence-corrected chi connectivity index (χ4v) is 5.93. The van der Waals surface area contributed by atoms with Crippen LogP contribution in [0.5, 0.6) is 0 Å². The summed E-state index contributed by atoms with van der Waals surface area (Å²) >= 11 is 0. The number of ether oxygens (including phenoxy) is 3. The number of aliphatic hydroxyl groups excluding tert-OH is 4. The van der Waals surface area contributed by atoms with Gasteiger partial charge in [0.2, 0.25) is 0 Å². The number of likely N-dealkylation sites (N-methyl/N-ethyl adjacent to an activating group) is 1. The molecule has 0 aromatic carbocycles. The van der Waals surface area contributed by atoms with Crippen molar-refractivity contribution in [1.29, 1.82) is 0 Å². The van der Waals surface area contributed by atoms with Crippen LogP contribution >= 0.6 is 0 Å². The lowest BCUT2D eigenvalue weighted by Crippen LogP contribution is -2.63. The highest BCUT2D eigenvalue weighted by Gasteiger charge is 2.47. The number of cyclic esters (lactones) is 1. The lowest BCUT2D eigenvalue weighted by atomic mass is 9.79. The number of esters is 1. The van der Waals surface area contributed by atoms with Gasteiger partial charge in [-0.3, -0.25) is 9.59 Å². The molecule has 4 N–H and O–H groups in total. The normalized spacial score (nSPS) is 41.6. The van der Waals surface area contributed by atoms with Crippen molar-refractivity contribution in [1.82, 2.24) is 4.90 Å². The van der Waals surface area contributed by atoms with Crippen molar-refractivity contribution in [3.8, 4) is 0 Å². The summed E-state index contributed by atoms with van der Waals surface area (Å²) in [5.41, 5.74) is 0.714. The number of allylic oxidation sites excluding steroid dienone is 3. The average molecular weight is 598 g/mol. The third-order valence-corrected chi connectivity index (χ3v) is 8.56. The maximum absolute atomic E-state index is 13.1. The quantitative estimate of drug-likeness (QED) is 0.248. The Bertz CT molecular complexity index is 952. The zero-order valence-electron chi connectivity index (χ0n) is 26.0. The third-order valence-electron chi connectivity index (χ3n) is 8.56. The molecule has 0 radical (unpaired) electrons. The van der Waals surface area contributed by atoms with Crippen molar-refractivity contribution in [2.45, 2.75) is 109 Å². The molecule has 2 aliphatic rings. The van der Waals surface area contributed by atoms with Crippen LogP contribution in [0, 0.1) is 23.7 Å². The van der Waals surface area contributed by atoms with E-state index >= 15 is 0 Å².